The molecule has 2 rings (SSSR count). The van der Waals surface area contributed by atoms with E-state index in [1.54, 1.807) is 0 Å². The molecular formula is C15H17BrN2OS. The highest BCUT2D eigenvalue weighted by Gasteiger charge is 2.14. The molecule has 0 aliphatic rings. The highest BCUT2D eigenvalue weighted by molar-refractivity contribution is 9.11. The average Bonchev–Trinajstić information content (AvgIpc) is 2.84. The third-order valence-electron chi connectivity index (χ3n) is 2.76. The predicted octanol–water partition coefficient (Wildman–Crippen LogP) is 5.03. The minimum atomic E-state index is 0.143. The second-order valence-corrected chi connectivity index (χ2v) is 7.55. The summed E-state index contributed by atoms with van der Waals surface area (Å²) in [5.74, 6) is 1.26. The zero-order valence-corrected chi connectivity index (χ0v) is 14.2. The molecule has 2 aromatic rings. The zero-order chi connectivity index (χ0) is 14.8. The number of benzene rings is 1. The Hall–Kier alpha value is -1.07. The van der Waals surface area contributed by atoms with Crippen LogP contribution in [0.5, 0.6) is 0 Å². The maximum Gasteiger partial charge on any atom is 0.277 e. The van der Waals surface area contributed by atoms with Crippen LogP contribution in [-0.2, 0) is 5.41 Å². The lowest BCUT2D eigenvalue weighted by atomic mass is 9.87. The van der Waals surface area contributed by atoms with Crippen LogP contribution in [-0.4, -0.2) is 16.0 Å². The molecule has 0 bridgehead atoms. The highest BCUT2D eigenvalue weighted by atomic mass is 79.9. The molecule has 0 amide bonds. The van der Waals surface area contributed by atoms with E-state index in [0.29, 0.717) is 16.9 Å². The van der Waals surface area contributed by atoms with E-state index in [1.165, 1.54) is 17.3 Å². The first kappa shape index (κ1) is 15.3. The summed E-state index contributed by atoms with van der Waals surface area (Å²) >= 11 is 4.77. The standard InChI is InChI=1S/C15H17BrN2OS/c1-10(16)9-20-14-18-17-13(19-14)11-5-7-12(8-6-11)15(2,3)4/h5-8H,1,9H2,2-4H3. The third kappa shape index (κ3) is 3.96. The Morgan fingerprint density at radius 1 is 1.25 bits per heavy atom. The topological polar surface area (TPSA) is 38.9 Å². The van der Waals surface area contributed by atoms with E-state index in [2.05, 4.69) is 65.6 Å². The maximum atomic E-state index is 5.62. The summed E-state index contributed by atoms with van der Waals surface area (Å²) in [7, 11) is 0. The van der Waals surface area contributed by atoms with Gasteiger partial charge in [-0.2, -0.15) is 0 Å². The second-order valence-electron chi connectivity index (χ2n) is 5.51. The molecule has 20 heavy (non-hydrogen) atoms. The lowest BCUT2D eigenvalue weighted by Crippen LogP contribution is -2.10. The monoisotopic (exact) mass is 352 g/mol. The van der Waals surface area contributed by atoms with Gasteiger partial charge in [0.05, 0.1) is 0 Å². The molecule has 0 aliphatic heterocycles. The van der Waals surface area contributed by atoms with Crippen LogP contribution in [0.4, 0.5) is 0 Å². The van der Waals surface area contributed by atoms with Gasteiger partial charge >= 0.3 is 0 Å². The van der Waals surface area contributed by atoms with E-state index in [-0.39, 0.29) is 5.41 Å². The van der Waals surface area contributed by atoms with Crippen LogP contribution in [0.1, 0.15) is 26.3 Å². The van der Waals surface area contributed by atoms with Crippen molar-refractivity contribution in [2.75, 3.05) is 5.75 Å². The highest BCUT2D eigenvalue weighted by Crippen LogP contribution is 2.28. The Morgan fingerprint density at radius 2 is 1.90 bits per heavy atom. The molecule has 0 radical (unpaired) electrons. The second kappa shape index (κ2) is 6.14. The molecule has 0 fully saturated rings. The third-order valence-corrected chi connectivity index (χ3v) is 4.31. The van der Waals surface area contributed by atoms with Gasteiger partial charge in [0.25, 0.3) is 5.22 Å². The molecule has 0 saturated carbocycles. The Kier molecular flexibility index (Phi) is 4.70. The van der Waals surface area contributed by atoms with Gasteiger partial charge in [0.15, 0.2) is 0 Å². The quantitative estimate of drug-likeness (QED) is 0.723. The van der Waals surface area contributed by atoms with Crippen molar-refractivity contribution in [2.45, 2.75) is 31.4 Å². The summed E-state index contributed by atoms with van der Waals surface area (Å²) in [5.41, 5.74) is 2.37. The number of nitrogens with zero attached hydrogens (tertiary/aromatic N) is 2. The van der Waals surface area contributed by atoms with Gasteiger partial charge in [-0.15, -0.1) is 10.2 Å². The van der Waals surface area contributed by atoms with Crippen molar-refractivity contribution in [1.29, 1.82) is 0 Å². The fourth-order valence-corrected chi connectivity index (χ4v) is 2.50. The molecule has 0 spiro atoms. The van der Waals surface area contributed by atoms with Gasteiger partial charge in [-0.3, -0.25) is 0 Å². The minimum Gasteiger partial charge on any atom is -0.411 e. The van der Waals surface area contributed by atoms with Crippen molar-refractivity contribution in [3.8, 4) is 11.5 Å². The van der Waals surface area contributed by atoms with E-state index in [0.717, 1.165) is 10.0 Å². The van der Waals surface area contributed by atoms with E-state index >= 15 is 0 Å². The Bertz CT molecular complexity index is 599. The van der Waals surface area contributed by atoms with Crippen molar-refractivity contribution >= 4 is 27.7 Å². The summed E-state index contributed by atoms with van der Waals surface area (Å²) < 4.78 is 6.52. The van der Waals surface area contributed by atoms with Gasteiger partial charge in [-0.1, -0.05) is 67.2 Å². The van der Waals surface area contributed by atoms with Gasteiger partial charge in [-0.05, 0) is 27.6 Å². The zero-order valence-electron chi connectivity index (χ0n) is 11.8. The van der Waals surface area contributed by atoms with Crippen LogP contribution in [0.25, 0.3) is 11.5 Å². The smallest absolute Gasteiger partial charge is 0.277 e. The molecule has 0 unspecified atom stereocenters. The molecule has 0 atom stereocenters. The SMILES string of the molecule is C=C(Br)CSc1nnc(-c2ccc(C(C)(C)C)cc2)o1. The van der Waals surface area contributed by atoms with Gasteiger partial charge in [0, 0.05) is 11.3 Å². The molecule has 106 valence electrons. The van der Waals surface area contributed by atoms with E-state index in [9.17, 15) is 0 Å². The Morgan fingerprint density at radius 3 is 2.45 bits per heavy atom. The lowest BCUT2D eigenvalue weighted by Gasteiger charge is -2.18. The molecule has 1 aromatic heterocycles. The van der Waals surface area contributed by atoms with Crippen molar-refractivity contribution in [3.05, 3.63) is 40.9 Å². The van der Waals surface area contributed by atoms with Crippen molar-refractivity contribution < 1.29 is 4.42 Å². The largest absolute Gasteiger partial charge is 0.411 e. The van der Waals surface area contributed by atoms with Crippen LogP contribution < -0.4 is 0 Å². The molecule has 1 heterocycles. The van der Waals surface area contributed by atoms with Crippen molar-refractivity contribution in [3.63, 3.8) is 0 Å². The molecule has 0 saturated heterocycles. The predicted molar refractivity (Wildman–Crippen MR) is 87.2 cm³/mol. The number of rotatable bonds is 4. The van der Waals surface area contributed by atoms with Gasteiger partial charge in [0.1, 0.15) is 0 Å². The minimum absolute atomic E-state index is 0.143. The summed E-state index contributed by atoms with van der Waals surface area (Å²) in [6, 6.07) is 8.25. The van der Waals surface area contributed by atoms with E-state index in [1.807, 2.05) is 12.1 Å². The van der Waals surface area contributed by atoms with Crippen LogP contribution in [0.3, 0.4) is 0 Å². The fraction of sp³-hybridized carbons (Fsp3) is 0.333. The maximum absolute atomic E-state index is 5.62. The molecule has 0 N–H and O–H groups in total. The van der Waals surface area contributed by atoms with Crippen LogP contribution in [0.15, 0.2) is 45.0 Å². The van der Waals surface area contributed by atoms with E-state index in [4.69, 9.17) is 4.42 Å². The fourth-order valence-electron chi connectivity index (χ4n) is 1.64. The number of aromatic nitrogens is 2. The van der Waals surface area contributed by atoms with Crippen molar-refractivity contribution in [2.24, 2.45) is 0 Å². The number of hydrogen-bond acceptors (Lipinski definition) is 4. The molecule has 5 heteroatoms. The van der Waals surface area contributed by atoms with Crippen LogP contribution in [0, 0.1) is 0 Å². The first-order valence-electron chi connectivity index (χ1n) is 6.27. The van der Waals surface area contributed by atoms with Crippen LogP contribution >= 0.6 is 27.7 Å². The summed E-state index contributed by atoms with van der Waals surface area (Å²) in [6.07, 6.45) is 0. The van der Waals surface area contributed by atoms with Gasteiger partial charge in [0.2, 0.25) is 5.89 Å². The first-order chi connectivity index (χ1) is 9.36. The molecule has 1 aromatic carbocycles. The summed E-state index contributed by atoms with van der Waals surface area (Å²) in [6.45, 7) is 10.3. The number of thioether (sulfide) groups is 1. The van der Waals surface area contributed by atoms with E-state index < -0.39 is 0 Å². The first-order valence-corrected chi connectivity index (χ1v) is 8.04. The normalized spacial score (nSPS) is 11.6. The molecule has 3 nitrogen and oxygen atoms in total. The van der Waals surface area contributed by atoms with Gasteiger partial charge < -0.3 is 4.42 Å². The number of halogens is 1. The summed E-state index contributed by atoms with van der Waals surface area (Å²) in [5, 5.41) is 8.65. The Balaban J connectivity index is 2.14. The molecule has 0 aliphatic carbocycles. The average molecular weight is 353 g/mol. The summed E-state index contributed by atoms with van der Waals surface area (Å²) in [4.78, 5) is 0. The van der Waals surface area contributed by atoms with Crippen LogP contribution in [0.2, 0.25) is 0 Å². The number of hydrogen-bond donors (Lipinski definition) is 0. The van der Waals surface area contributed by atoms with Gasteiger partial charge in [-0.25, -0.2) is 0 Å². The van der Waals surface area contributed by atoms with Crippen molar-refractivity contribution in [1.82, 2.24) is 10.2 Å². The lowest BCUT2D eigenvalue weighted by molar-refractivity contribution is 0.466. The Labute approximate surface area is 132 Å². The molecular weight excluding hydrogens is 336 g/mol.